The molecule has 0 aromatic heterocycles. The minimum absolute atomic E-state index is 0.0651. The van der Waals surface area contributed by atoms with Gasteiger partial charge in [0.2, 0.25) is 0 Å². The SMILES string of the molecule is COc1cccc(F)c1C#CCCSC(C)=O. The van der Waals surface area contributed by atoms with E-state index in [1.807, 2.05) is 0 Å². The molecule has 90 valence electrons. The van der Waals surface area contributed by atoms with Gasteiger partial charge in [-0.05, 0) is 12.1 Å². The van der Waals surface area contributed by atoms with E-state index >= 15 is 0 Å². The molecule has 1 rings (SSSR count). The molecule has 0 fully saturated rings. The average Bonchev–Trinajstić information content (AvgIpc) is 2.30. The van der Waals surface area contributed by atoms with E-state index in [9.17, 15) is 9.18 Å². The van der Waals surface area contributed by atoms with Crippen LogP contribution in [0.1, 0.15) is 18.9 Å². The predicted octanol–water partition coefficient (Wildman–Crippen LogP) is 2.86. The molecule has 4 heteroatoms. The van der Waals surface area contributed by atoms with Gasteiger partial charge in [0.05, 0.1) is 7.11 Å². The number of rotatable bonds is 3. The molecule has 0 aliphatic heterocycles. The van der Waals surface area contributed by atoms with Crippen LogP contribution in [0.4, 0.5) is 4.39 Å². The van der Waals surface area contributed by atoms with Gasteiger partial charge in [0.15, 0.2) is 5.12 Å². The summed E-state index contributed by atoms with van der Waals surface area (Å²) in [7, 11) is 1.48. The summed E-state index contributed by atoms with van der Waals surface area (Å²) in [6.07, 6.45) is 0.543. The Balaban J connectivity index is 2.68. The maximum absolute atomic E-state index is 13.4. The van der Waals surface area contributed by atoms with E-state index < -0.39 is 5.82 Å². The zero-order chi connectivity index (χ0) is 12.7. The highest BCUT2D eigenvalue weighted by atomic mass is 32.2. The maximum atomic E-state index is 13.4. The van der Waals surface area contributed by atoms with Gasteiger partial charge in [-0.15, -0.1) is 0 Å². The average molecular weight is 252 g/mol. The number of halogens is 1. The van der Waals surface area contributed by atoms with E-state index in [4.69, 9.17) is 4.74 Å². The van der Waals surface area contributed by atoms with Crippen molar-refractivity contribution in [3.63, 3.8) is 0 Å². The highest BCUT2D eigenvalue weighted by molar-refractivity contribution is 8.13. The lowest BCUT2D eigenvalue weighted by molar-refractivity contribution is -0.109. The Kier molecular flexibility index (Phi) is 5.58. The van der Waals surface area contributed by atoms with E-state index in [1.54, 1.807) is 12.1 Å². The molecule has 1 aromatic rings. The summed E-state index contributed by atoms with van der Waals surface area (Å²) >= 11 is 1.21. The molecule has 0 aliphatic rings. The standard InChI is InChI=1S/C13H13FO2S/c1-10(15)17-9-4-3-6-11-12(14)7-5-8-13(11)16-2/h5,7-8H,4,9H2,1-2H3. The number of methoxy groups -OCH3 is 1. The smallest absolute Gasteiger partial charge is 0.185 e. The number of hydrogen-bond donors (Lipinski definition) is 0. The normalized spacial score (nSPS) is 9.35. The summed E-state index contributed by atoms with van der Waals surface area (Å²) in [6, 6.07) is 4.58. The van der Waals surface area contributed by atoms with Gasteiger partial charge in [-0.1, -0.05) is 29.7 Å². The first-order valence-corrected chi connectivity index (χ1v) is 6.08. The van der Waals surface area contributed by atoms with Crippen LogP contribution < -0.4 is 4.74 Å². The van der Waals surface area contributed by atoms with Gasteiger partial charge in [-0.3, -0.25) is 4.79 Å². The minimum Gasteiger partial charge on any atom is -0.495 e. The van der Waals surface area contributed by atoms with Gasteiger partial charge in [0.1, 0.15) is 17.1 Å². The molecule has 2 nitrogen and oxygen atoms in total. The van der Waals surface area contributed by atoms with Crippen LogP contribution in [0.15, 0.2) is 18.2 Å². The van der Waals surface area contributed by atoms with Crippen molar-refractivity contribution >= 4 is 16.9 Å². The van der Waals surface area contributed by atoms with Crippen LogP contribution in [0.2, 0.25) is 0 Å². The first-order chi connectivity index (χ1) is 8.15. The molecule has 0 aliphatic carbocycles. The van der Waals surface area contributed by atoms with Crippen LogP contribution in [0.5, 0.6) is 5.75 Å². The minimum atomic E-state index is -0.393. The second kappa shape index (κ2) is 6.97. The largest absolute Gasteiger partial charge is 0.495 e. The molecule has 1 aromatic carbocycles. The van der Waals surface area contributed by atoms with E-state index in [0.717, 1.165) is 0 Å². The van der Waals surface area contributed by atoms with Gasteiger partial charge in [-0.25, -0.2) is 4.39 Å². The molecule has 0 saturated heterocycles. The second-order valence-electron chi connectivity index (χ2n) is 3.21. The predicted molar refractivity (Wildman–Crippen MR) is 67.6 cm³/mol. The highest BCUT2D eigenvalue weighted by Crippen LogP contribution is 2.19. The molecule has 0 heterocycles. The Morgan fingerprint density at radius 2 is 2.29 bits per heavy atom. The third kappa shape index (κ3) is 4.49. The molecule has 0 atom stereocenters. The Morgan fingerprint density at radius 3 is 2.94 bits per heavy atom. The molecule has 0 bridgehead atoms. The Morgan fingerprint density at radius 1 is 1.53 bits per heavy atom. The number of carbonyl (C=O) groups excluding carboxylic acids is 1. The number of hydrogen-bond acceptors (Lipinski definition) is 3. The van der Waals surface area contributed by atoms with Crippen LogP contribution in [0.25, 0.3) is 0 Å². The highest BCUT2D eigenvalue weighted by Gasteiger charge is 2.05. The quantitative estimate of drug-likeness (QED) is 0.611. The van der Waals surface area contributed by atoms with Gasteiger partial charge in [0.25, 0.3) is 0 Å². The zero-order valence-corrected chi connectivity index (χ0v) is 10.6. The lowest BCUT2D eigenvalue weighted by Gasteiger charge is -2.02. The van der Waals surface area contributed by atoms with Crippen molar-refractivity contribution in [3.05, 3.63) is 29.6 Å². The molecular formula is C13H13FO2S. The zero-order valence-electron chi connectivity index (χ0n) is 9.75. The number of carbonyl (C=O) groups is 1. The Bertz CT molecular complexity index is 460. The molecule has 0 saturated carbocycles. The fourth-order valence-corrected chi connectivity index (χ4v) is 1.68. The molecule has 0 N–H and O–H groups in total. The van der Waals surface area contributed by atoms with Crippen molar-refractivity contribution < 1.29 is 13.9 Å². The third-order valence-corrected chi connectivity index (χ3v) is 2.76. The van der Waals surface area contributed by atoms with Crippen molar-refractivity contribution in [1.82, 2.24) is 0 Å². The molecule has 0 unspecified atom stereocenters. The van der Waals surface area contributed by atoms with Crippen LogP contribution in [0, 0.1) is 17.7 Å². The Hall–Kier alpha value is -1.47. The van der Waals surface area contributed by atoms with Gasteiger partial charge in [0, 0.05) is 19.1 Å². The lowest BCUT2D eigenvalue weighted by Crippen LogP contribution is -1.91. The molecule has 17 heavy (non-hydrogen) atoms. The molecule has 0 radical (unpaired) electrons. The summed E-state index contributed by atoms with van der Waals surface area (Å²) in [6.45, 7) is 1.51. The first-order valence-electron chi connectivity index (χ1n) is 5.10. The summed E-state index contributed by atoms with van der Waals surface area (Å²) in [5.74, 6) is 6.22. The van der Waals surface area contributed by atoms with Crippen LogP contribution in [0.3, 0.4) is 0 Å². The van der Waals surface area contributed by atoms with E-state index in [1.165, 1.54) is 31.9 Å². The second-order valence-corrected chi connectivity index (χ2v) is 4.48. The van der Waals surface area contributed by atoms with Crippen molar-refractivity contribution in [1.29, 1.82) is 0 Å². The molecular weight excluding hydrogens is 239 g/mol. The van der Waals surface area contributed by atoms with E-state index in [2.05, 4.69) is 11.8 Å². The van der Waals surface area contributed by atoms with Gasteiger partial charge >= 0.3 is 0 Å². The number of ether oxygens (including phenoxy) is 1. The monoisotopic (exact) mass is 252 g/mol. The van der Waals surface area contributed by atoms with Crippen LogP contribution in [-0.2, 0) is 4.79 Å². The Labute approximate surface area is 105 Å². The van der Waals surface area contributed by atoms with Gasteiger partial charge in [-0.2, -0.15) is 0 Å². The number of benzene rings is 1. The summed E-state index contributed by atoms with van der Waals surface area (Å²) in [5.41, 5.74) is 0.267. The summed E-state index contributed by atoms with van der Waals surface area (Å²) in [5, 5.41) is 0.0651. The van der Waals surface area contributed by atoms with Crippen molar-refractivity contribution in [3.8, 4) is 17.6 Å². The van der Waals surface area contributed by atoms with Crippen LogP contribution in [-0.4, -0.2) is 18.0 Å². The summed E-state index contributed by atoms with van der Waals surface area (Å²) < 4.78 is 18.5. The number of thioether (sulfide) groups is 1. The van der Waals surface area contributed by atoms with Crippen LogP contribution >= 0.6 is 11.8 Å². The van der Waals surface area contributed by atoms with Crippen molar-refractivity contribution in [2.45, 2.75) is 13.3 Å². The van der Waals surface area contributed by atoms with Crippen molar-refractivity contribution in [2.24, 2.45) is 0 Å². The fourth-order valence-electron chi connectivity index (χ4n) is 1.19. The van der Waals surface area contributed by atoms with E-state index in [0.29, 0.717) is 17.9 Å². The first kappa shape index (κ1) is 13.6. The fraction of sp³-hybridized carbons (Fsp3) is 0.308. The topological polar surface area (TPSA) is 26.3 Å². The summed E-state index contributed by atoms with van der Waals surface area (Å²) in [4.78, 5) is 10.7. The van der Waals surface area contributed by atoms with Gasteiger partial charge < -0.3 is 4.74 Å². The van der Waals surface area contributed by atoms with Crippen molar-refractivity contribution in [2.75, 3.05) is 12.9 Å². The molecule has 0 amide bonds. The third-order valence-electron chi connectivity index (χ3n) is 1.94. The maximum Gasteiger partial charge on any atom is 0.185 e. The van der Waals surface area contributed by atoms with E-state index in [-0.39, 0.29) is 10.7 Å². The molecule has 0 spiro atoms. The lowest BCUT2D eigenvalue weighted by atomic mass is 10.2.